The van der Waals surface area contributed by atoms with E-state index in [1.165, 1.54) is 12.3 Å². The smallest absolute Gasteiger partial charge is 0.257 e. The number of sulfonamides is 1. The zero-order valence-electron chi connectivity index (χ0n) is 14.3. The largest absolute Gasteiger partial charge is 0.377 e. The van der Waals surface area contributed by atoms with E-state index in [0.29, 0.717) is 41.4 Å². The normalized spacial score (nSPS) is 17.5. The third-order valence-corrected chi connectivity index (χ3v) is 5.72. The number of hydrogen-bond donors (Lipinski definition) is 1. The maximum Gasteiger partial charge on any atom is 0.257 e. The molecule has 10 nitrogen and oxygen atoms in total. The third kappa shape index (κ3) is 2.97. The van der Waals surface area contributed by atoms with Crippen molar-refractivity contribution in [2.75, 3.05) is 7.11 Å². The highest BCUT2D eigenvalue weighted by Crippen LogP contribution is 2.26. The van der Waals surface area contributed by atoms with E-state index in [1.807, 2.05) is 0 Å². The molecule has 0 aromatic carbocycles. The van der Waals surface area contributed by atoms with Crippen molar-refractivity contribution in [2.24, 2.45) is 0 Å². The number of aryl methyl sites for hydroxylation is 2. The molecule has 1 aliphatic heterocycles. The molecule has 0 radical (unpaired) electrons. The lowest BCUT2D eigenvalue weighted by molar-refractivity contribution is 0.177. The Morgan fingerprint density at radius 3 is 3.12 bits per heavy atom. The minimum Gasteiger partial charge on any atom is -0.377 e. The summed E-state index contributed by atoms with van der Waals surface area (Å²) in [5, 5.41) is 8.72. The zero-order valence-corrected chi connectivity index (χ0v) is 15.2. The van der Waals surface area contributed by atoms with Crippen LogP contribution in [0.4, 0.5) is 0 Å². The molecule has 0 aliphatic carbocycles. The van der Waals surface area contributed by atoms with Gasteiger partial charge in [0.15, 0.2) is 5.82 Å². The van der Waals surface area contributed by atoms with Crippen molar-refractivity contribution in [3.8, 4) is 0 Å². The van der Waals surface area contributed by atoms with Crippen LogP contribution in [0, 0.1) is 6.92 Å². The number of nitrogens with zero attached hydrogens (tertiary/aromatic N) is 5. The van der Waals surface area contributed by atoms with E-state index >= 15 is 0 Å². The van der Waals surface area contributed by atoms with E-state index < -0.39 is 16.1 Å². The van der Waals surface area contributed by atoms with Crippen molar-refractivity contribution in [3.63, 3.8) is 0 Å². The fraction of sp³-hybridized carbons (Fsp3) is 0.467. The Kier molecular flexibility index (Phi) is 4.21. The van der Waals surface area contributed by atoms with Gasteiger partial charge in [0.05, 0.1) is 23.3 Å². The summed E-state index contributed by atoms with van der Waals surface area (Å²) in [4.78, 5) is 8.51. The molecule has 1 aliphatic rings. The summed E-state index contributed by atoms with van der Waals surface area (Å²) in [7, 11) is -2.22. The molecule has 0 fully saturated rings. The second-order valence-electron chi connectivity index (χ2n) is 6.15. The number of nitrogens with one attached hydrogen (secondary N) is 1. The summed E-state index contributed by atoms with van der Waals surface area (Å²) in [5.41, 5.74) is 0.897. The van der Waals surface area contributed by atoms with Gasteiger partial charge in [-0.05, 0) is 25.8 Å². The van der Waals surface area contributed by atoms with E-state index in [0.717, 1.165) is 6.42 Å². The zero-order chi connectivity index (χ0) is 18.3. The monoisotopic (exact) mass is 378 g/mol. The topological polar surface area (TPSA) is 125 Å². The second kappa shape index (κ2) is 6.41. The number of aromatic nitrogens is 5. The van der Waals surface area contributed by atoms with E-state index in [1.54, 1.807) is 18.7 Å². The first-order valence-electron chi connectivity index (χ1n) is 8.15. The van der Waals surface area contributed by atoms with Crippen LogP contribution in [0.15, 0.2) is 21.7 Å². The fourth-order valence-electron chi connectivity index (χ4n) is 3.03. The Balaban J connectivity index is 1.64. The summed E-state index contributed by atoms with van der Waals surface area (Å²) in [5.74, 6) is 1.14. The summed E-state index contributed by atoms with van der Waals surface area (Å²) in [6.07, 6.45) is 2.71. The highest BCUT2D eigenvalue weighted by atomic mass is 32.2. The van der Waals surface area contributed by atoms with Crippen LogP contribution in [0.25, 0.3) is 11.1 Å². The van der Waals surface area contributed by atoms with Gasteiger partial charge in [0.2, 0.25) is 10.0 Å². The molecule has 3 aromatic rings. The van der Waals surface area contributed by atoms with Crippen molar-refractivity contribution >= 4 is 21.1 Å². The fourth-order valence-corrected chi connectivity index (χ4v) is 4.23. The molecule has 0 saturated carbocycles. The number of methoxy groups -OCH3 is 1. The molecule has 1 atom stereocenters. The maximum absolute atomic E-state index is 12.8. The van der Waals surface area contributed by atoms with Crippen LogP contribution in [0.3, 0.4) is 0 Å². The summed E-state index contributed by atoms with van der Waals surface area (Å²) >= 11 is 0. The van der Waals surface area contributed by atoms with Crippen molar-refractivity contribution < 1.29 is 17.7 Å². The van der Waals surface area contributed by atoms with Crippen molar-refractivity contribution in [2.45, 2.75) is 43.9 Å². The van der Waals surface area contributed by atoms with E-state index in [-0.39, 0.29) is 11.5 Å². The molecule has 0 saturated heterocycles. The van der Waals surface area contributed by atoms with Gasteiger partial charge in [-0.1, -0.05) is 5.16 Å². The molecule has 0 spiro atoms. The number of fused-ring (bicyclic) bond motifs is 2. The Hall–Kier alpha value is -2.37. The summed E-state index contributed by atoms with van der Waals surface area (Å²) < 4.78 is 40.2. The quantitative estimate of drug-likeness (QED) is 0.699. The number of ether oxygens (including phenoxy) is 1. The van der Waals surface area contributed by atoms with Gasteiger partial charge in [0.1, 0.15) is 17.3 Å². The van der Waals surface area contributed by atoms with Crippen LogP contribution >= 0.6 is 0 Å². The first-order chi connectivity index (χ1) is 12.5. The van der Waals surface area contributed by atoms with E-state index in [9.17, 15) is 8.42 Å². The Labute approximate surface area is 149 Å². The molecule has 0 bridgehead atoms. The van der Waals surface area contributed by atoms with Gasteiger partial charge < -0.3 is 9.26 Å². The first-order valence-corrected chi connectivity index (χ1v) is 9.63. The van der Waals surface area contributed by atoms with Gasteiger partial charge in [-0.2, -0.15) is 5.10 Å². The average molecular weight is 378 g/mol. The standard InChI is InChI=1S/C15H18N6O4S/c1-9-11-6-10(7-16-15(11)25-19-9)26(22,23)20-12-4-3-5-21-14(12)17-13(18-21)8-24-2/h6-7,12,20H,3-5,8H2,1-2H3. The van der Waals surface area contributed by atoms with Crippen LogP contribution in [0.1, 0.15) is 36.2 Å². The molecule has 138 valence electrons. The second-order valence-corrected chi connectivity index (χ2v) is 7.86. The lowest BCUT2D eigenvalue weighted by Gasteiger charge is -2.22. The molecule has 11 heteroatoms. The van der Waals surface area contributed by atoms with Gasteiger partial charge >= 0.3 is 0 Å². The van der Waals surface area contributed by atoms with Crippen LogP contribution in [0.5, 0.6) is 0 Å². The lowest BCUT2D eigenvalue weighted by atomic mass is 10.1. The Morgan fingerprint density at radius 1 is 1.46 bits per heavy atom. The molecule has 26 heavy (non-hydrogen) atoms. The van der Waals surface area contributed by atoms with Crippen LogP contribution < -0.4 is 4.72 Å². The first kappa shape index (κ1) is 17.1. The molecule has 0 amide bonds. The van der Waals surface area contributed by atoms with Crippen molar-refractivity contribution in [1.82, 2.24) is 29.6 Å². The Morgan fingerprint density at radius 2 is 2.31 bits per heavy atom. The van der Waals surface area contributed by atoms with Crippen LogP contribution in [0.2, 0.25) is 0 Å². The molecular formula is C15H18N6O4S. The SMILES string of the molecule is COCc1nc2n(n1)CCCC2NS(=O)(=O)c1cnc2onc(C)c2c1. The minimum absolute atomic E-state index is 0.0602. The van der Waals surface area contributed by atoms with Gasteiger partial charge in [0, 0.05) is 13.7 Å². The third-order valence-electron chi connectivity index (χ3n) is 4.28. The number of hydrogen-bond acceptors (Lipinski definition) is 8. The molecule has 4 heterocycles. The van der Waals surface area contributed by atoms with E-state index in [2.05, 4.69) is 24.9 Å². The maximum atomic E-state index is 12.8. The van der Waals surface area contributed by atoms with Crippen LogP contribution in [-0.2, 0) is 27.9 Å². The van der Waals surface area contributed by atoms with Crippen LogP contribution in [-0.4, -0.2) is 40.4 Å². The van der Waals surface area contributed by atoms with Crippen molar-refractivity contribution in [1.29, 1.82) is 0 Å². The predicted molar refractivity (Wildman–Crippen MR) is 89.6 cm³/mol. The lowest BCUT2D eigenvalue weighted by Crippen LogP contribution is -2.33. The van der Waals surface area contributed by atoms with Crippen molar-refractivity contribution in [3.05, 3.63) is 29.6 Å². The van der Waals surface area contributed by atoms with Gasteiger partial charge in [-0.3, -0.25) is 0 Å². The summed E-state index contributed by atoms with van der Waals surface area (Å²) in [6, 6.07) is 1.06. The number of rotatable bonds is 5. The van der Waals surface area contributed by atoms with Gasteiger partial charge in [0.25, 0.3) is 5.71 Å². The molecule has 1 N–H and O–H groups in total. The van der Waals surface area contributed by atoms with E-state index in [4.69, 9.17) is 9.26 Å². The number of pyridine rings is 1. The molecule has 3 aromatic heterocycles. The molecule has 1 unspecified atom stereocenters. The highest BCUT2D eigenvalue weighted by molar-refractivity contribution is 7.89. The summed E-state index contributed by atoms with van der Waals surface area (Å²) in [6.45, 7) is 2.72. The van der Waals surface area contributed by atoms with Gasteiger partial charge in [-0.15, -0.1) is 0 Å². The Bertz CT molecular complexity index is 1060. The predicted octanol–water partition coefficient (Wildman–Crippen LogP) is 1.08. The highest BCUT2D eigenvalue weighted by Gasteiger charge is 2.29. The minimum atomic E-state index is -3.79. The molecule has 4 rings (SSSR count). The van der Waals surface area contributed by atoms with Gasteiger partial charge in [-0.25, -0.2) is 27.8 Å². The molecular weight excluding hydrogens is 360 g/mol. The average Bonchev–Trinajstić information content (AvgIpc) is 3.19.